The second-order valence-corrected chi connectivity index (χ2v) is 19.2. The highest BCUT2D eigenvalue weighted by Gasteiger charge is 2.20. The van der Waals surface area contributed by atoms with Crippen molar-refractivity contribution in [1.82, 2.24) is 0 Å². The molecular formula is C47H36OSi. The van der Waals surface area contributed by atoms with Gasteiger partial charge in [-0.1, -0.05) is 158 Å². The van der Waals surface area contributed by atoms with Crippen molar-refractivity contribution in [3.05, 3.63) is 164 Å². The second kappa shape index (κ2) is 11.5. The van der Waals surface area contributed by atoms with Crippen LogP contribution in [0.15, 0.2) is 168 Å². The van der Waals surface area contributed by atoms with E-state index < -0.39 is 8.07 Å². The molecule has 0 atom stereocenters. The quantitative estimate of drug-likeness (QED) is 0.134. The third kappa shape index (κ3) is 5.08. The van der Waals surface area contributed by atoms with E-state index in [1.165, 1.54) is 65.7 Å². The van der Waals surface area contributed by atoms with Crippen LogP contribution < -0.4 is 5.19 Å². The molecule has 1 aromatic heterocycles. The first-order valence-corrected chi connectivity index (χ1v) is 20.6. The molecule has 0 aliphatic heterocycles. The largest absolute Gasteiger partial charge is 0.456 e. The van der Waals surface area contributed by atoms with E-state index in [2.05, 4.69) is 171 Å². The van der Waals surface area contributed by atoms with Crippen LogP contribution in [-0.4, -0.2) is 8.07 Å². The van der Waals surface area contributed by atoms with Crippen molar-refractivity contribution < 1.29 is 4.42 Å². The lowest BCUT2D eigenvalue weighted by molar-refractivity contribution is 0.669. The van der Waals surface area contributed by atoms with E-state index in [-0.39, 0.29) is 0 Å². The predicted octanol–water partition coefficient (Wildman–Crippen LogP) is 13.1. The molecule has 0 spiro atoms. The average molecular weight is 645 g/mol. The van der Waals surface area contributed by atoms with E-state index in [9.17, 15) is 0 Å². The number of hydrogen-bond acceptors (Lipinski definition) is 1. The zero-order valence-electron chi connectivity index (χ0n) is 28.0. The van der Waals surface area contributed by atoms with E-state index >= 15 is 0 Å². The van der Waals surface area contributed by atoms with Crippen LogP contribution in [0, 0.1) is 0 Å². The maximum absolute atomic E-state index is 6.30. The summed E-state index contributed by atoms with van der Waals surface area (Å²) in [5.41, 5.74) is 11.6. The van der Waals surface area contributed by atoms with Crippen LogP contribution in [-0.2, 0) is 0 Å². The van der Waals surface area contributed by atoms with Gasteiger partial charge in [-0.25, -0.2) is 0 Å². The molecule has 0 amide bonds. The first-order chi connectivity index (χ1) is 23.9. The molecule has 8 aromatic carbocycles. The van der Waals surface area contributed by atoms with Crippen molar-refractivity contribution in [2.24, 2.45) is 0 Å². The summed E-state index contributed by atoms with van der Waals surface area (Å²) in [7, 11) is -1.39. The molecule has 0 bridgehead atoms. The monoisotopic (exact) mass is 644 g/mol. The van der Waals surface area contributed by atoms with Gasteiger partial charge in [0.1, 0.15) is 11.2 Å². The Kier molecular flexibility index (Phi) is 6.89. The molecule has 9 aromatic rings. The molecule has 49 heavy (non-hydrogen) atoms. The zero-order chi connectivity index (χ0) is 33.1. The Morgan fingerprint density at radius 3 is 1.35 bits per heavy atom. The minimum atomic E-state index is -1.39. The van der Waals surface area contributed by atoms with Crippen LogP contribution in [0.25, 0.3) is 88.0 Å². The van der Waals surface area contributed by atoms with Gasteiger partial charge in [0.2, 0.25) is 0 Å². The maximum atomic E-state index is 6.30. The standard InChI is InChI=1S/C47H36OSi/c1-49(2,3)37-23-18-31(19-24-37)34-21-26-40-42(28-34)46(32-12-6-4-7-13-32)41-27-22-35(29-43(41)47(40)33-14-8-5-9-15-33)36-20-25-39-38-16-10-11-17-44(38)48-45(39)30-36/h4-30H,1-3H3. The van der Waals surface area contributed by atoms with E-state index in [1.807, 2.05) is 12.1 Å². The Bertz CT molecular complexity index is 2660. The number of para-hydroxylation sites is 1. The van der Waals surface area contributed by atoms with Crippen LogP contribution in [0.4, 0.5) is 0 Å². The summed E-state index contributed by atoms with van der Waals surface area (Å²) in [5, 5.41) is 8.79. The highest BCUT2D eigenvalue weighted by molar-refractivity contribution is 6.88. The molecular weight excluding hydrogens is 609 g/mol. The van der Waals surface area contributed by atoms with Crippen molar-refractivity contribution in [1.29, 1.82) is 0 Å². The highest BCUT2D eigenvalue weighted by Crippen LogP contribution is 2.46. The van der Waals surface area contributed by atoms with Crippen LogP contribution in [0.5, 0.6) is 0 Å². The Morgan fingerprint density at radius 2 is 0.776 bits per heavy atom. The van der Waals surface area contributed by atoms with Crippen LogP contribution in [0.3, 0.4) is 0 Å². The molecule has 0 aliphatic rings. The Hall–Kier alpha value is -5.70. The lowest BCUT2D eigenvalue weighted by atomic mass is 9.84. The third-order valence-electron chi connectivity index (χ3n) is 10.0. The lowest BCUT2D eigenvalue weighted by Gasteiger charge is -2.20. The second-order valence-electron chi connectivity index (χ2n) is 14.1. The van der Waals surface area contributed by atoms with Gasteiger partial charge in [0.15, 0.2) is 0 Å². The maximum Gasteiger partial charge on any atom is 0.136 e. The van der Waals surface area contributed by atoms with Crippen molar-refractivity contribution in [2.75, 3.05) is 0 Å². The molecule has 9 rings (SSSR count). The van der Waals surface area contributed by atoms with Crippen LogP contribution in [0.2, 0.25) is 19.6 Å². The summed E-state index contributed by atoms with van der Waals surface area (Å²) in [6, 6.07) is 60.0. The molecule has 0 radical (unpaired) electrons. The number of benzene rings is 8. The molecule has 1 heterocycles. The number of fused-ring (bicyclic) bond motifs is 5. The first kappa shape index (κ1) is 29.4. The SMILES string of the molecule is C[Si](C)(C)c1ccc(-c2ccc3c(-c4ccccc4)c4cc(-c5ccc6c(c5)oc5ccccc56)ccc4c(-c4ccccc4)c3c2)cc1. The van der Waals surface area contributed by atoms with E-state index in [4.69, 9.17) is 4.42 Å². The van der Waals surface area contributed by atoms with Gasteiger partial charge in [-0.05, 0) is 96.4 Å². The molecule has 0 unspecified atom stereocenters. The van der Waals surface area contributed by atoms with Crippen LogP contribution in [0.1, 0.15) is 0 Å². The minimum Gasteiger partial charge on any atom is -0.456 e. The molecule has 0 saturated heterocycles. The normalized spacial score (nSPS) is 12.0. The Morgan fingerprint density at radius 1 is 0.327 bits per heavy atom. The van der Waals surface area contributed by atoms with Gasteiger partial charge in [0.25, 0.3) is 0 Å². The Labute approximate surface area is 288 Å². The van der Waals surface area contributed by atoms with Gasteiger partial charge in [0.05, 0.1) is 8.07 Å². The van der Waals surface area contributed by atoms with E-state index in [1.54, 1.807) is 0 Å². The fourth-order valence-corrected chi connectivity index (χ4v) is 8.65. The molecule has 234 valence electrons. The summed E-state index contributed by atoms with van der Waals surface area (Å²) in [4.78, 5) is 0. The number of hydrogen-bond donors (Lipinski definition) is 0. The molecule has 1 nitrogen and oxygen atoms in total. The smallest absolute Gasteiger partial charge is 0.136 e. The van der Waals surface area contributed by atoms with Crippen molar-refractivity contribution >= 4 is 56.7 Å². The van der Waals surface area contributed by atoms with Gasteiger partial charge in [0, 0.05) is 10.8 Å². The Balaban J connectivity index is 1.32. The van der Waals surface area contributed by atoms with E-state index in [0.29, 0.717) is 0 Å². The van der Waals surface area contributed by atoms with Crippen molar-refractivity contribution in [3.63, 3.8) is 0 Å². The molecule has 2 heteroatoms. The summed E-state index contributed by atoms with van der Waals surface area (Å²) in [5.74, 6) is 0. The summed E-state index contributed by atoms with van der Waals surface area (Å²) in [6.07, 6.45) is 0. The number of rotatable bonds is 5. The van der Waals surface area contributed by atoms with Gasteiger partial charge < -0.3 is 4.42 Å². The van der Waals surface area contributed by atoms with Crippen molar-refractivity contribution in [3.8, 4) is 44.5 Å². The van der Waals surface area contributed by atoms with Gasteiger partial charge >= 0.3 is 0 Å². The summed E-state index contributed by atoms with van der Waals surface area (Å²) < 4.78 is 6.30. The summed E-state index contributed by atoms with van der Waals surface area (Å²) in [6.45, 7) is 7.22. The first-order valence-electron chi connectivity index (χ1n) is 17.1. The molecule has 0 aliphatic carbocycles. The fourth-order valence-electron chi connectivity index (χ4n) is 7.49. The van der Waals surface area contributed by atoms with Gasteiger partial charge in [-0.3, -0.25) is 0 Å². The van der Waals surface area contributed by atoms with Crippen LogP contribution >= 0.6 is 0 Å². The predicted molar refractivity (Wildman–Crippen MR) is 213 cm³/mol. The molecule has 0 N–H and O–H groups in total. The van der Waals surface area contributed by atoms with E-state index in [0.717, 1.165) is 27.5 Å². The fraction of sp³-hybridized carbons (Fsp3) is 0.0638. The highest BCUT2D eigenvalue weighted by atomic mass is 28.3. The molecule has 0 fully saturated rings. The zero-order valence-corrected chi connectivity index (χ0v) is 29.0. The summed E-state index contributed by atoms with van der Waals surface area (Å²) >= 11 is 0. The average Bonchev–Trinajstić information content (AvgIpc) is 3.52. The minimum absolute atomic E-state index is 0.913. The van der Waals surface area contributed by atoms with Gasteiger partial charge in [-0.2, -0.15) is 0 Å². The van der Waals surface area contributed by atoms with Crippen molar-refractivity contribution in [2.45, 2.75) is 19.6 Å². The lowest BCUT2D eigenvalue weighted by Crippen LogP contribution is -2.37. The third-order valence-corrected chi connectivity index (χ3v) is 12.1. The molecule has 0 saturated carbocycles. The topological polar surface area (TPSA) is 13.1 Å². The number of furan rings is 1. The van der Waals surface area contributed by atoms with Gasteiger partial charge in [-0.15, -0.1) is 0 Å².